The van der Waals surface area contributed by atoms with E-state index < -0.39 is 16.9 Å². The lowest BCUT2D eigenvalue weighted by atomic mass is 9.92. The molecule has 0 fully saturated rings. The van der Waals surface area contributed by atoms with Crippen molar-refractivity contribution < 1.29 is 29.2 Å². The Morgan fingerprint density at radius 3 is 2.48 bits per heavy atom. The number of phenolic OH excluding ortho intramolecular Hbond substituents is 3. The van der Waals surface area contributed by atoms with E-state index >= 15 is 0 Å². The molecule has 0 aromatic heterocycles. The molecular weight excluding hydrogens is 468 g/mol. The molecule has 2 aromatic carbocycles. The lowest BCUT2D eigenvalue weighted by Crippen LogP contribution is -2.03. The normalized spacial score (nSPS) is 10.9. The molecule has 31 heavy (non-hydrogen) atoms. The number of rotatable bonds is 4. The van der Waals surface area contributed by atoms with Gasteiger partial charge in [-0.3, -0.25) is 4.79 Å². The number of methoxy groups -OCH3 is 1. The number of phenols is 3. The van der Waals surface area contributed by atoms with Gasteiger partial charge in [-0.25, -0.2) is 0 Å². The van der Waals surface area contributed by atoms with Crippen molar-refractivity contribution in [2.75, 3.05) is 13.7 Å². The van der Waals surface area contributed by atoms with E-state index in [1.165, 1.54) is 25.3 Å². The Hall–Kier alpha value is -3.83. The third-order valence-electron chi connectivity index (χ3n) is 4.71. The molecule has 1 heterocycles. The molecule has 0 radical (unpaired) electrons. The predicted octanol–water partition coefficient (Wildman–Crippen LogP) is 4.46. The van der Waals surface area contributed by atoms with Crippen LogP contribution in [0.15, 0.2) is 50.1 Å². The summed E-state index contributed by atoms with van der Waals surface area (Å²) in [6.45, 7) is -0.0416. The lowest BCUT2D eigenvalue weighted by molar-refractivity contribution is 0.332. The van der Waals surface area contributed by atoms with Crippen molar-refractivity contribution in [1.29, 1.82) is 0 Å². The monoisotopic (exact) mass is 482 g/mol. The van der Waals surface area contributed by atoms with Crippen LogP contribution in [0.25, 0.3) is 33.4 Å². The molecule has 2 aliphatic rings. The first kappa shape index (κ1) is 20.4. The second-order valence-electron chi connectivity index (χ2n) is 6.61. The maximum Gasteiger partial charge on any atom is 0.223 e. The van der Waals surface area contributed by atoms with E-state index in [9.17, 15) is 20.1 Å². The van der Waals surface area contributed by atoms with Gasteiger partial charge in [-0.1, -0.05) is 21.9 Å². The molecular formula is C23H15BrO7. The highest BCUT2D eigenvalue weighted by atomic mass is 79.9. The topological polar surface area (TPSA) is 109 Å². The van der Waals surface area contributed by atoms with Gasteiger partial charge in [0.1, 0.15) is 18.0 Å². The lowest BCUT2D eigenvalue weighted by Gasteiger charge is -2.20. The minimum atomic E-state index is -0.625. The Morgan fingerprint density at radius 2 is 1.77 bits per heavy atom. The fraction of sp³-hybridized carbons (Fsp3) is 0.0870. The third kappa shape index (κ3) is 3.49. The highest BCUT2D eigenvalue weighted by molar-refractivity contribution is 9.10. The molecule has 0 unspecified atom stereocenters. The van der Waals surface area contributed by atoms with Crippen molar-refractivity contribution >= 4 is 26.9 Å². The molecule has 1 aliphatic carbocycles. The average Bonchev–Trinajstić information content (AvgIpc) is 2.73. The van der Waals surface area contributed by atoms with Crippen LogP contribution in [0, 0.1) is 12.3 Å². The van der Waals surface area contributed by atoms with Gasteiger partial charge in [-0.05, 0) is 24.3 Å². The summed E-state index contributed by atoms with van der Waals surface area (Å²) in [4.78, 5) is 12.0. The summed E-state index contributed by atoms with van der Waals surface area (Å²) >= 11 is 3.45. The average molecular weight is 483 g/mol. The zero-order valence-corrected chi connectivity index (χ0v) is 17.7. The van der Waals surface area contributed by atoms with E-state index in [1.807, 2.05) is 0 Å². The van der Waals surface area contributed by atoms with Crippen LogP contribution in [0.5, 0.6) is 28.7 Å². The molecule has 3 N–H and O–H groups in total. The number of hydrogen-bond donors (Lipinski definition) is 3. The first-order valence-electron chi connectivity index (χ1n) is 8.93. The molecule has 0 bridgehead atoms. The standard InChI is InChI=1S/C23H15BrO7/c1-3-4-30-23-14(5-11(24)6-21(23)29-2)22-12-7-15(25)17(27)9-19(12)31-20-10-18(28)16(26)8-13(20)22/h1,5-10,25-27H,4H2,2H3. The maximum absolute atomic E-state index is 12.0. The zero-order chi connectivity index (χ0) is 22.3. The van der Waals surface area contributed by atoms with Gasteiger partial charge in [0, 0.05) is 38.7 Å². The van der Waals surface area contributed by atoms with E-state index in [-0.39, 0.29) is 23.7 Å². The fourth-order valence-corrected chi connectivity index (χ4v) is 3.83. The van der Waals surface area contributed by atoms with Gasteiger partial charge in [0.05, 0.1) is 7.11 Å². The summed E-state index contributed by atoms with van der Waals surface area (Å²) in [6, 6.07) is 8.43. The van der Waals surface area contributed by atoms with Gasteiger partial charge in [-0.15, -0.1) is 6.42 Å². The predicted molar refractivity (Wildman–Crippen MR) is 118 cm³/mol. The molecule has 0 saturated heterocycles. The SMILES string of the molecule is C#CCOc1c(OC)cc(Br)cc1-c1c2cc(O)c(=O)cc-2oc2cc(O)c(O)cc12. The van der Waals surface area contributed by atoms with Gasteiger partial charge in [0.2, 0.25) is 5.43 Å². The van der Waals surface area contributed by atoms with E-state index in [4.69, 9.17) is 20.3 Å². The van der Waals surface area contributed by atoms with Crippen LogP contribution >= 0.6 is 15.9 Å². The van der Waals surface area contributed by atoms with Crippen molar-refractivity contribution in [3.05, 3.63) is 51.1 Å². The van der Waals surface area contributed by atoms with Gasteiger partial charge >= 0.3 is 0 Å². The molecule has 0 saturated carbocycles. The maximum atomic E-state index is 12.0. The summed E-state index contributed by atoms with van der Waals surface area (Å²) < 4.78 is 17.7. The molecule has 2 aromatic rings. The van der Waals surface area contributed by atoms with Crippen LogP contribution in [-0.2, 0) is 0 Å². The summed E-state index contributed by atoms with van der Waals surface area (Å²) in [6.07, 6.45) is 5.37. The fourth-order valence-electron chi connectivity index (χ4n) is 3.39. The summed E-state index contributed by atoms with van der Waals surface area (Å²) in [5.41, 5.74) is 0.911. The van der Waals surface area contributed by atoms with Crippen molar-refractivity contribution in [1.82, 2.24) is 0 Å². The van der Waals surface area contributed by atoms with Crippen molar-refractivity contribution in [3.8, 4) is 63.5 Å². The van der Waals surface area contributed by atoms with E-state index in [0.29, 0.717) is 38.0 Å². The van der Waals surface area contributed by atoms with Crippen molar-refractivity contribution in [2.24, 2.45) is 0 Å². The molecule has 0 amide bonds. The van der Waals surface area contributed by atoms with Crippen LogP contribution < -0.4 is 14.9 Å². The Balaban J connectivity index is 2.22. The Bertz CT molecular complexity index is 1400. The quantitative estimate of drug-likeness (QED) is 0.223. The number of fused-ring (bicyclic) bond motifs is 2. The van der Waals surface area contributed by atoms with Crippen LogP contribution in [0.1, 0.15) is 0 Å². The third-order valence-corrected chi connectivity index (χ3v) is 5.16. The number of benzene rings is 3. The highest BCUT2D eigenvalue weighted by Crippen LogP contribution is 2.49. The number of halogens is 1. The van der Waals surface area contributed by atoms with Gasteiger partial charge in [-0.2, -0.15) is 0 Å². The molecule has 8 heteroatoms. The van der Waals surface area contributed by atoms with Crippen LogP contribution in [0.2, 0.25) is 0 Å². The summed E-state index contributed by atoms with van der Waals surface area (Å²) in [7, 11) is 1.48. The van der Waals surface area contributed by atoms with E-state index in [0.717, 1.165) is 6.07 Å². The first-order chi connectivity index (χ1) is 14.8. The van der Waals surface area contributed by atoms with E-state index in [1.54, 1.807) is 12.1 Å². The molecule has 7 nitrogen and oxygen atoms in total. The number of terminal acetylenes is 1. The second kappa shape index (κ2) is 7.78. The smallest absolute Gasteiger partial charge is 0.223 e. The highest BCUT2D eigenvalue weighted by Gasteiger charge is 2.25. The van der Waals surface area contributed by atoms with Gasteiger partial charge in [0.15, 0.2) is 28.7 Å². The summed E-state index contributed by atoms with van der Waals surface area (Å²) in [5.74, 6) is 2.03. The van der Waals surface area contributed by atoms with Crippen LogP contribution in [0.4, 0.5) is 0 Å². The number of hydrogen-bond acceptors (Lipinski definition) is 7. The molecule has 156 valence electrons. The van der Waals surface area contributed by atoms with Crippen molar-refractivity contribution in [3.63, 3.8) is 0 Å². The molecule has 4 rings (SSSR count). The van der Waals surface area contributed by atoms with Gasteiger partial charge in [0.25, 0.3) is 0 Å². The minimum Gasteiger partial charge on any atom is -0.504 e. The summed E-state index contributed by atoms with van der Waals surface area (Å²) in [5, 5.41) is 30.6. The molecule has 0 atom stereocenters. The number of aromatic hydroxyl groups is 3. The zero-order valence-electron chi connectivity index (χ0n) is 16.1. The first-order valence-corrected chi connectivity index (χ1v) is 9.73. The Kier molecular flexibility index (Phi) is 5.13. The van der Waals surface area contributed by atoms with Crippen molar-refractivity contribution in [2.45, 2.75) is 0 Å². The number of ether oxygens (including phenoxy) is 2. The van der Waals surface area contributed by atoms with Crippen LogP contribution in [-0.4, -0.2) is 29.0 Å². The molecule has 1 aliphatic heterocycles. The van der Waals surface area contributed by atoms with Crippen LogP contribution in [0.3, 0.4) is 0 Å². The Labute approximate surface area is 184 Å². The Morgan fingerprint density at radius 1 is 1.03 bits per heavy atom. The largest absolute Gasteiger partial charge is 0.504 e. The second-order valence-corrected chi connectivity index (χ2v) is 7.52. The molecule has 0 spiro atoms. The van der Waals surface area contributed by atoms with E-state index in [2.05, 4.69) is 21.9 Å². The minimum absolute atomic E-state index is 0.0416. The van der Waals surface area contributed by atoms with Gasteiger partial charge < -0.3 is 29.2 Å².